The molecule has 21 heavy (non-hydrogen) atoms. The molecule has 1 aromatic heterocycles. The van der Waals surface area contributed by atoms with E-state index in [-0.39, 0.29) is 22.8 Å². The van der Waals surface area contributed by atoms with Gasteiger partial charge in [-0.05, 0) is 24.3 Å². The third-order valence-electron chi connectivity index (χ3n) is 2.78. The predicted octanol–water partition coefficient (Wildman–Crippen LogP) is 2.53. The Bertz CT molecular complexity index is 774. The number of hydrogen-bond donors (Lipinski definition) is 0. The van der Waals surface area contributed by atoms with E-state index in [9.17, 15) is 14.9 Å². The van der Waals surface area contributed by atoms with Crippen molar-refractivity contribution in [2.45, 2.75) is 0 Å². The molecule has 0 unspecified atom stereocenters. The topological polar surface area (TPSA) is 94.9 Å². The molecule has 1 aliphatic rings. The van der Waals surface area contributed by atoms with Crippen LogP contribution in [0.2, 0.25) is 0 Å². The predicted molar refractivity (Wildman–Crippen MR) is 72.4 cm³/mol. The summed E-state index contributed by atoms with van der Waals surface area (Å²) in [6.45, 7) is 0. The average Bonchev–Trinajstić information content (AvgIpc) is 3.10. The number of rotatable bonds is 3. The van der Waals surface area contributed by atoms with Gasteiger partial charge in [0.1, 0.15) is 0 Å². The zero-order chi connectivity index (χ0) is 14.8. The number of benzene rings is 1. The maximum atomic E-state index is 11.7. The largest absolute Gasteiger partial charge is 0.459 e. The lowest BCUT2D eigenvalue weighted by atomic mass is 10.1. The molecule has 104 valence electrons. The Hall–Kier alpha value is -3.22. The maximum absolute atomic E-state index is 11.7. The first kappa shape index (κ1) is 12.8. The number of carbonyl (C=O) groups is 1. The summed E-state index contributed by atoms with van der Waals surface area (Å²) in [5.41, 5.74) is 0.147. The van der Waals surface area contributed by atoms with E-state index in [0.29, 0.717) is 5.76 Å². The zero-order valence-corrected chi connectivity index (χ0v) is 10.6. The summed E-state index contributed by atoms with van der Waals surface area (Å²) in [6.07, 6.45) is 2.74. The van der Waals surface area contributed by atoms with Crippen LogP contribution in [0.4, 0.5) is 5.69 Å². The number of carbonyl (C=O) groups excluding carboxylic acids is 1. The number of nitrogens with zero attached hydrogens (tertiary/aromatic N) is 2. The van der Waals surface area contributed by atoms with E-state index in [1.165, 1.54) is 24.5 Å². The van der Waals surface area contributed by atoms with Crippen molar-refractivity contribution >= 4 is 23.6 Å². The molecule has 2 heterocycles. The second-order valence-electron chi connectivity index (χ2n) is 4.13. The lowest BCUT2D eigenvalue weighted by Gasteiger charge is -1.96. The van der Waals surface area contributed by atoms with Gasteiger partial charge in [-0.3, -0.25) is 10.1 Å². The van der Waals surface area contributed by atoms with Crippen LogP contribution in [0.3, 0.4) is 0 Å². The molecule has 0 spiro atoms. The third-order valence-corrected chi connectivity index (χ3v) is 2.78. The third kappa shape index (κ3) is 2.44. The van der Waals surface area contributed by atoms with Crippen molar-refractivity contribution in [3.05, 3.63) is 69.8 Å². The Labute approximate surface area is 118 Å². The highest BCUT2D eigenvalue weighted by Gasteiger charge is 2.26. The van der Waals surface area contributed by atoms with E-state index >= 15 is 0 Å². The van der Waals surface area contributed by atoms with Crippen molar-refractivity contribution in [3.63, 3.8) is 0 Å². The molecule has 7 nitrogen and oxygen atoms in total. The molecule has 0 aliphatic carbocycles. The normalized spacial score (nSPS) is 15.9. The molecule has 0 bridgehead atoms. The van der Waals surface area contributed by atoms with Gasteiger partial charge in [-0.2, -0.15) is 0 Å². The molecule has 1 aromatic carbocycles. The van der Waals surface area contributed by atoms with Crippen molar-refractivity contribution < 1.29 is 18.9 Å². The van der Waals surface area contributed by atoms with Gasteiger partial charge in [-0.15, -0.1) is 0 Å². The van der Waals surface area contributed by atoms with Crippen LogP contribution in [0.25, 0.3) is 6.08 Å². The fourth-order valence-electron chi connectivity index (χ4n) is 1.84. The van der Waals surface area contributed by atoms with Gasteiger partial charge in [0.05, 0.1) is 16.7 Å². The number of ether oxygens (including phenoxy) is 1. The molecule has 0 fully saturated rings. The Balaban J connectivity index is 2.01. The number of cyclic esters (lactones) is 1. The van der Waals surface area contributed by atoms with Gasteiger partial charge in [0, 0.05) is 6.07 Å². The molecule has 0 saturated carbocycles. The van der Waals surface area contributed by atoms with Gasteiger partial charge in [0.15, 0.2) is 11.5 Å². The lowest BCUT2D eigenvalue weighted by molar-refractivity contribution is -0.385. The minimum atomic E-state index is -0.681. The first-order valence-corrected chi connectivity index (χ1v) is 5.95. The molecule has 0 amide bonds. The second kappa shape index (κ2) is 5.04. The van der Waals surface area contributed by atoms with Crippen molar-refractivity contribution in [2.75, 3.05) is 0 Å². The van der Waals surface area contributed by atoms with Crippen molar-refractivity contribution in [3.8, 4) is 0 Å². The van der Waals surface area contributed by atoms with Crippen molar-refractivity contribution in [1.29, 1.82) is 0 Å². The first-order valence-electron chi connectivity index (χ1n) is 5.95. The van der Waals surface area contributed by atoms with Crippen molar-refractivity contribution in [1.82, 2.24) is 0 Å². The molecule has 0 atom stereocenters. The number of hydrogen-bond acceptors (Lipinski definition) is 6. The molecular weight excluding hydrogens is 276 g/mol. The smallest absolute Gasteiger partial charge is 0.363 e. The fraction of sp³-hybridized carbons (Fsp3) is 0. The summed E-state index contributed by atoms with van der Waals surface area (Å²) in [5.74, 6) is -0.330. The van der Waals surface area contributed by atoms with E-state index in [2.05, 4.69) is 4.99 Å². The van der Waals surface area contributed by atoms with Crippen LogP contribution in [0.5, 0.6) is 0 Å². The van der Waals surface area contributed by atoms with Crippen LogP contribution in [0, 0.1) is 10.1 Å². The van der Waals surface area contributed by atoms with Crippen molar-refractivity contribution in [2.24, 2.45) is 4.99 Å². The Morgan fingerprint density at radius 2 is 2.00 bits per heavy atom. The number of nitro groups is 1. The maximum Gasteiger partial charge on any atom is 0.363 e. The average molecular weight is 284 g/mol. The van der Waals surface area contributed by atoms with E-state index in [0.717, 1.165) is 0 Å². The SMILES string of the molecule is O=C1OC(c2ccco2)=N/C1=C/c1ccccc1[N+](=O)[O-]. The summed E-state index contributed by atoms with van der Waals surface area (Å²) >= 11 is 0. The van der Waals surface area contributed by atoms with E-state index < -0.39 is 10.9 Å². The molecular formula is C14H8N2O5. The van der Waals surface area contributed by atoms with Crippen LogP contribution < -0.4 is 0 Å². The van der Waals surface area contributed by atoms with Crippen LogP contribution in [0.1, 0.15) is 11.3 Å². The molecule has 3 rings (SSSR count). The van der Waals surface area contributed by atoms with Gasteiger partial charge >= 0.3 is 5.97 Å². The minimum Gasteiger partial charge on any atom is -0.459 e. The highest BCUT2D eigenvalue weighted by Crippen LogP contribution is 2.24. The van der Waals surface area contributed by atoms with Crippen LogP contribution in [0.15, 0.2) is 57.8 Å². The highest BCUT2D eigenvalue weighted by atomic mass is 16.6. The zero-order valence-electron chi connectivity index (χ0n) is 10.6. The summed E-state index contributed by atoms with van der Waals surface area (Å²) in [5, 5.41) is 10.9. The van der Waals surface area contributed by atoms with Crippen LogP contribution in [-0.4, -0.2) is 16.8 Å². The van der Waals surface area contributed by atoms with Gasteiger partial charge in [-0.1, -0.05) is 12.1 Å². The molecule has 7 heteroatoms. The van der Waals surface area contributed by atoms with Gasteiger partial charge in [0.25, 0.3) is 11.6 Å². The first-order chi connectivity index (χ1) is 10.1. The Morgan fingerprint density at radius 3 is 2.71 bits per heavy atom. The van der Waals surface area contributed by atoms with Crippen LogP contribution >= 0.6 is 0 Å². The number of furan rings is 1. The second-order valence-corrected chi connectivity index (χ2v) is 4.13. The minimum absolute atomic E-state index is 0.0179. The number of para-hydroxylation sites is 1. The van der Waals surface area contributed by atoms with E-state index in [4.69, 9.17) is 9.15 Å². The Kier molecular flexibility index (Phi) is 3.07. The molecule has 1 aliphatic heterocycles. The number of nitro benzene ring substituents is 1. The standard InChI is InChI=1S/C14H8N2O5/c17-14-10(15-13(21-14)12-6-3-7-20-12)8-9-4-1-2-5-11(9)16(18)19/h1-8H/b10-8+. The van der Waals surface area contributed by atoms with Gasteiger partial charge in [0.2, 0.25) is 0 Å². The quantitative estimate of drug-likeness (QED) is 0.373. The summed E-state index contributed by atoms with van der Waals surface area (Å²) in [6, 6.07) is 9.29. The molecule has 0 saturated heterocycles. The highest BCUT2D eigenvalue weighted by molar-refractivity contribution is 6.12. The van der Waals surface area contributed by atoms with Gasteiger partial charge < -0.3 is 9.15 Å². The Morgan fingerprint density at radius 1 is 1.19 bits per heavy atom. The monoisotopic (exact) mass is 284 g/mol. The van der Waals surface area contributed by atoms with Crippen LogP contribution in [-0.2, 0) is 9.53 Å². The molecule has 0 radical (unpaired) electrons. The summed E-state index contributed by atoms with van der Waals surface area (Å²) in [7, 11) is 0. The van der Waals surface area contributed by atoms with E-state index in [1.807, 2.05) is 0 Å². The van der Waals surface area contributed by atoms with Gasteiger partial charge in [-0.25, -0.2) is 9.79 Å². The number of esters is 1. The summed E-state index contributed by atoms with van der Waals surface area (Å²) < 4.78 is 10.1. The lowest BCUT2D eigenvalue weighted by Crippen LogP contribution is -2.04. The van der Waals surface area contributed by atoms with E-state index in [1.54, 1.807) is 24.3 Å². The molecule has 0 N–H and O–H groups in total. The molecule has 2 aromatic rings. The number of aliphatic imine (C=N–C) groups is 1. The fourth-order valence-corrected chi connectivity index (χ4v) is 1.84. The summed E-state index contributed by atoms with van der Waals surface area (Å²) in [4.78, 5) is 26.2.